The molecule has 1 N–H and O–H groups in total. The van der Waals surface area contributed by atoms with Crippen LogP contribution in [0.15, 0.2) is 54.6 Å². The SMILES string of the molecule is N#C/C(=C\c1ccccc1)Nc1cnccn1. The van der Waals surface area contributed by atoms with Crippen molar-refractivity contribution in [3.8, 4) is 6.07 Å². The Morgan fingerprint density at radius 3 is 2.71 bits per heavy atom. The average molecular weight is 222 g/mol. The van der Waals surface area contributed by atoms with Crippen LogP contribution in [0.2, 0.25) is 0 Å². The summed E-state index contributed by atoms with van der Waals surface area (Å²) in [4.78, 5) is 7.96. The van der Waals surface area contributed by atoms with E-state index in [9.17, 15) is 0 Å². The Morgan fingerprint density at radius 1 is 1.24 bits per heavy atom. The molecule has 82 valence electrons. The number of hydrogen-bond acceptors (Lipinski definition) is 4. The molecule has 2 rings (SSSR count). The van der Waals surface area contributed by atoms with Crippen LogP contribution in [-0.2, 0) is 0 Å². The molecule has 2 aromatic rings. The molecular formula is C13H10N4. The van der Waals surface area contributed by atoms with Crippen molar-refractivity contribution in [2.45, 2.75) is 0 Å². The fourth-order valence-corrected chi connectivity index (χ4v) is 1.31. The van der Waals surface area contributed by atoms with Crippen LogP contribution < -0.4 is 5.32 Å². The molecule has 0 spiro atoms. The number of aromatic nitrogens is 2. The maximum absolute atomic E-state index is 9.02. The molecule has 0 aliphatic carbocycles. The first-order valence-electron chi connectivity index (χ1n) is 5.08. The van der Waals surface area contributed by atoms with Gasteiger partial charge in [-0.15, -0.1) is 0 Å². The molecule has 4 nitrogen and oxygen atoms in total. The van der Waals surface area contributed by atoms with Crippen molar-refractivity contribution in [1.82, 2.24) is 9.97 Å². The van der Waals surface area contributed by atoms with E-state index < -0.39 is 0 Å². The molecule has 0 unspecified atom stereocenters. The summed E-state index contributed by atoms with van der Waals surface area (Å²) in [7, 11) is 0. The van der Waals surface area contributed by atoms with Crippen molar-refractivity contribution in [3.63, 3.8) is 0 Å². The van der Waals surface area contributed by atoms with E-state index in [1.807, 2.05) is 30.3 Å². The summed E-state index contributed by atoms with van der Waals surface area (Å²) in [5.41, 5.74) is 1.39. The zero-order chi connectivity index (χ0) is 11.9. The van der Waals surface area contributed by atoms with Gasteiger partial charge in [0.15, 0.2) is 0 Å². The molecule has 1 heterocycles. The predicted molar refractivity (Wildman–Crippen MR) is 65.7 cm³/mol. The molecule has 0 aliphatic rings. The Bertz CT molecular complexity index is 541. The average Bonchev–Trinajstić information content (AvgIpc) is 2.40. The lowest BCUT2D eigenvalue weighted by Crippen LogP contribution is -1.99. The third-order valence-corrected chi connectivity index (χ3v) is 2.06. The predicted octanol–water partition coefficient (Wildman–Crippen LogP) is 2.45. The van der Waals surface area contributed by atoms with Crippen LogP contribution in [0.25, 0.3) is 6.08 Å². The lowest BCUT2D eigenvalue weighted by molar-refractivity contribution is 1.19. The minimum absolute atomic E-state index is 0.428. The van der Waals surface area contributed by atoms with Gasteiger partial charge in [-0.3, -0.25) is 4.98 Å². The largest absolute Gasteiger partial charge is 0.330 e. The van der Waals surface area contributed by atoms with Crippen LogP contribution in [0.4, 0.5) is 5.82 Å². The minimum Gasteiger partial charge on any atom is -0.330 e. The maximum atomic E-state index is 9.02. The van der Waals surface area contributed by atoms with Gasteiger partial charge in [0, 0.05) is 12.4 Å². The first kappa shape index (κ1) is 10.8. The van der Waals surface area contributed by atoms with E-state index in [4.69, 9.17) is 5.26 Å². The molecule has 0 atom stereocenters. The van der Waals surface area contributed by atoms with Gasteiger partial charge < -0.3 is 5.32 Å². The van der Waals surface area contributed by atoms with E-state index in [0.29, 0.717) is 11.5 Å². The summed E-state index contributed by atoms with van der Waals surface area (Å²) >= 11 is 0. The monoisotopic (exact) mass is 222 g/mol. The standard InChI is InChI=1S/C13H10N4/c14-9-12(8-11-4-2-1-3-5-11)17-13-10-15-6-7-16-13/h1-8,10H,(H,16,17)/b12-8+. The molecule has 1 aromatic heterocycles. The molecule has 0 fully saturated rings. The van der Waals surface area contributed by atoms with E-state index >= 15 is 0 Å². The van der Waals surface area contributed by atoms with Crippen molar-refractivity contribution in [2.24, 2.45) is 0 Å². The highest BCUT2D eigenvalue weighted by atomic mass is 15.0. The number of rotatable bonds is 3. The first-order chi connectivity index (χ1) is 8.38. The molecule has 0 aliphatic heterocycles. The molecule has 0 radical (unpaired) electrons. The van der Waals surface area contributed by atoms with Gasteiger partial charge in [0.2, 0.25) is 0 Å². The van der Waals surface area contributed by atoms with Crippen LogP contribution in [0, 0.1) is 11.3 Å². The number of nitrogens with zero attached hydrogens (tertiary/aromatic N) is 3. The molecule has 0 saturated heterocycles. The van der Waals surface area contributed by atoms with Gasteiger partial charge in [0.05, 0.1) is 6.20 Å². The van der Waals surface area contributed by atoms with E-state index in [1.165, 1.54) is 0 Å². The Balaban J connectivity index is 2.19. The number of benzene rings is 1. The molecule has 0 saturated carbocycles. The summed E-state index contributed by atoms with van der Waals surface area (Å²) in [6, 6.07) is 11.7. The molecule has 17 heavy (non-hydrogen) atoms. The summed E-state index contributed by atoms with van der Waals surface area (Å²) in [6.45, 7) is 0. The van der Waals surface area contributed by atoms with E-state index in [2.05, 4.69) is 21.4 Å². The normalized spacial score (nSPS) is 10.6. The zero-order valence-corrected chi connectivity index (χ0v) is 9.04. The minimum atomic E-state index is 0.428. The van der Waals surface area contributed by atoms with Crippen molar-refractivity contribution in [2.75, 3.05) is 5.32 Å². The molecule has 4 heteroatoms. The maximum Gasteiger partial charge on any atom is 0.149 e. The fraction of sp³-hybridized carbons (Fsp3) is 0. The Hall–Kier alpha value is -2.67. The number of anilines is 1. The van der Waals surface area contributed by atoms with Crippen molar-refractivity contribution >= 4 is 11.9 Å². The topological polar surface area (TPSA) is 61.6 Å². The second kappa shape index (κ2) is 5.42. The van der Waals surface area contributed by atoms with Crippen molar-refractivity contribution < 1.29 is 0 Å². The fourth-order valence-electron chi connectivity index (χ4n) is 1.31. The van der Waals surface area contributed by atoms with Gasteiger partial charge in [-0.2, -0.15) is 5.26 Å². The zero-order valence-electron chi connectivity index (χ0n) is 9.04. The Kier molecular flexibility index (Phi) is 3.46. The number of allylic oxidation sites excluding steroid dienone is 1. The number of nitriles is 1. The lowest BCUT2D eigenvalue weighted by atomic mass is 10.2. The summed E-state index contributed by atoms with van der Waals surface area (Å²) < 4.78 is 0. The molecule has 1 aromatic carbocycles. The van der Waals surface area contributed by atoms with Gasteiger partial charge in [0.25, 0.3) is 0 Å². The second-order valence-corrected chi connectivity index (χ2v) is 3.30. The third kappa shape index (κ3) is 3.14. The van der Waals surface area contributed by atoms with Gasteiger partial charge in [-0.05, 0) is 11.6 Å². The van der Waals surface area contributed by atoms with Gasteiger partial charge in [-0.25, -0.2) is 4.98 Å². The Morgan fingerprint density at radius 2 is 2.06 bits per heavy atom. The Labute approximate surface area is 99.3 Å². The number of hydrogen-bond donors (Lipinski definition) is 1. The lowest BCUT2D eigenvalue weighted by Gasteiger charge is -2.02. The quantitative estimate of drug-likeness (QED) is 0.810. The van der Waals surface area contributed by atoms with E-state index in [-0.39, 0.29) is 0 Å². The van der Waals surface area contributed by atoms with E-state index in [0.717, 1.165) is 5.56 Å². The van der Waals surface area contributed by atoms with Gasteiger partial charge >= 0.3 is 0 Å². The highest BCUT2D eigenvalue weighted by Crippen LogP contribution is 2.08. The van der Waals surface area contributed by atoms with Crippen molar-refractivity contribution in [3.05, 3.63) is 60.2 Å². The molecule has 0 amide bonds. The smallest absolute Gasteiger partial charge is 0.149 e. The third-order valence-electron chi connectivity index (χ3n) is 2.06. The number of nitrogens with one attached hydrogen (secondary N) is 1. The molecular weight excluding hydrogens is 212 g/mol. The summed E-state index contributed by atoms with van der Waals surface area (Å²) in [5.74, 6) is 0.552. The van der Waals surface area contributed by atoms with Crippen LogP contribution in [0.5, 0.6) is 0 Å². The highest BCUT2D eigenvalue weighted by molar-refractivity contribution is 5.62. The summed E-state index contributed by atoms with van der Waals surface area (Å²) in [5, 5.41) is 11.9. The van der Waals surface area contributed by atoms with Crippen LogP contribution in [0.1, 0.15) is 5.56 Å². The van der Waals surface area contributed by atoms with Crippen LogP contribution in [-0.4, -0.2) is 9.97 Å². The van der Waals surface area contributed by atoms with Gasteiger partial charge in [-0.1, -0.05) is 30.3 Å². The summed E-state index contributed by atoms with van der Waals surface area (Å²) in [6.07, 6.45) is 6.48. The van der Waals surface area contributed by atoms with Gasteiger partial charge in [0.1, 0.15) is 17.6 Å². The van der Waals surface area contributed by atoms with Crippen LogP contribution >= 0.6 is 0 Å². The second-order valence-electron chi connectivity index (χ2n) is 3.30. The first-order valence-corrected chi connectivity index (χ1v) is 5.08. The highest BCUT2D eigenvalue weighted by Gasteiger charge is 1.98. The van der Waals surface area contributed by atoms with Crippen molar-refractivity contribution in [1.29, 1.82) is 5.26 Å². The molecule has 0 bridgehead atoms. The van der Waals surface area contributed by atoms with Crippen LogP contribution in [0.3, 0.4) is 0 Å². The van der Waals surface area contributed by atoms with E-state index in [1.54, 1.807) is 24.7 Å².